The number of phenolic OH excluding ortho intramolecular Hbond substituents is 1. The van der Waals surface area contributed by atoms with Crippen molar-refractivity contribution in [3.05, 3.63) is 41.0 Å². The van der Waals surface area contributed by atoms with E-state index in [1.807, 2.05) is 13.8 Å². The fraction of sp³-hybridized carbons (Fsp3) is 0.529. The summed E-state index contributed by atoms with van der Waals surface area (Å²) in [6.07, 6.45) is 0.976. The molecule has 1 fully saturated rings. The molecule has 1 saturated heterocycles. The molecule has 3 heteroatoms. The van der Waals surface area contributed by atoms with Crippen molar-refractivity contribution < 1.29 is 5.11 Å². The van der Waals surface area contributed by atoms with Crippen LogP contribution < -0.4 is 5.32 Å². The van der Waals surface area contributed by atoms with Gasteiger partial charge in [-0.05, 0) is 43.9 Å². The number of hydrogen-bond acceptors (Lipinski definition) is 3. The zero-order valence-corrected chi connectivity index (χ0v) is 12.9. The van der Waals surface area contributed by atoms with Gasteiger partial charge in [0.05, 0.1) is 0 Å². The highest BCUT2D eigenvalue weighted by Gasteiger charge is 2.23. The van der Waals surface area contributed by atoms with E-state index in [9.17, 15) is 5.11 Å². The first-order valence-corrected chi connectivity index (χ1v) is 7.38. The molecule has 2 rings (SSSR count). The topological polar surface area (TPSA) is 35.5 Å². The quantitative estimate of drug-likeness (QED) is 0.829. The molecule has 0 aromatic heterocycles. The lowest BCUT2D eigenvalue weighted by molar-refractivity contribution is 0.172. The first kappa shape index (κ1) is 15.1. The minimum Gasteiger partial charge on any atom is -0.507 e. The number of aromatic hydroxyl groups is 1. The van der Waals surface area contributed by atoms with Crippen molar-refractivity contribution >= 4 is 0 Å². The number of phenols is 1. The number of benzene rings is 1. The third-order valence-corrected chi connectivity index (χ3v) is 4.03. The van der Waals surface area contributed by atoms with Crippen LogP contribution >= 0.6 is 0 Å². The van der Waals surface area contributed by atoms with Gasteiger partial charge in [-0.1, -0.05) is 17.7 Å². The van der Waals surface area contributed by atoms with Crippen LogP contribution in [0.1, 0.15) is 36.1 Å². The Morgan fingerprint density at radius 3 is 2.35 bits per heavy atom. The Morgan fingerprint density at radius 1 is 1.30 bits per heavy atom. The van der Waals surface area contributed by atoms with Gasteiger partial charge in [0, 0.05) is 32.2 Å². The van der Waals surface area contributed by atoms with Crippen LogP contribution in [0.15, 0.2) is 24.3 Å². The van der Waals surface area contributed by atoms with E-state index in [0.29, 0.717) is 11.8 Å². The molecule has 1 atom stereocenters. The predicted octanol–water partition coefficient (Wildman–Crippen LogP) is 2.92. The van der Waals surface area contributed by atoms with Gasteiger partial charge in [0.25, 0.3) is 0 Å². The van der Waals surface area contributed by atoms with Crippen LogP contribution in [0.5, 0.6) is 5.75 Å². The molecule has 0 aliphatic carbocycles. The van der Waals surface area contributed by atoms with Gasteiger partial charge in [-0.2, -0.15) is 0 Å². The molecule has 110 valence electrons. The molecule has 0 saturated carbocycles. The Hall–Kier alpha value is -1.32. The average molecular weight is 274 g/mol. The van der Waals surface area contributed by atoms with Gasteiger partial charge in [0.1, 0.15) is 5.75 Å². The van der Waals surface area contributed by atoms with E-state index in [1.165, 1.54) is 11.1 Å². The monoisotopic (exact) mass is 274 g/mol. The van der Waals surface area contributed by atoms with Crippen LogP contribution in [0.25, 0.3) is 0 Å². The second kappa shape index (κ2) is 6.42. The average Bonchev–Trinajstić information content (AvgIpc) is 2.42. The van der Waals surface area contributed by atoms with Crippen LogP contribution in [0, 0.1) is 13.8 Å². The molecule has 1 aromatic rings. The maximum Gasteiger partial charge on any atom is 0.121 e. The predicted molar refractivity (Wildman–Crippen MR) is 84.2 cm³/mol. The number of nitrogens with one attached hydrogen (secondary N) is 1. The molecule has 0 unspecified atom stereocenters. The van der Waals surface area contributed by atoms with E-state index in [4.69, 9.17) is 0 Å². The van der Waals surface area contributed by atoms with E-state index in [1.54, 1.807) is 0 Å². The van der Waals surface area contributed by atoms with Crippen LogP contribution in [0.3, 0.4) is 0 Å². The maximum atomic E-state index is 9.96. The van der Waals surface area contributed by atoms with Crippen molar-refractivity contribution in [2.45, 2.75) is 33.2 Å². The Bertz CT molecular complexity index is 467. The SMILES string of the molecule is C=C(C)C[C@H](c1cc(C)c(O)c(C)c1)N1CCNCC1. The summed E-state index contributed by atoms with van der Waals surface area (Å²) in [5.41, 5.74) is 4.42. The van der Waals surface area contributed by atoms with E-state index < -0.39 is 0 Å². The molecule has 0 bridgehead atoms. The number of piperazine rings is 1. The zero-order valence-electron chi connectivity index (χ0n) is 12.9. The maximum absolute atomic E-state index is 9.96. The molecule has 1 heterocycles. The Labute approximate surface area is 122 Å². The molecule has 20 heavy (non-hydrogen) atoms. The van der Waals surface area contributed by atoms with E-state index in [2.05, 4.69) is 35.9 Å². The number of rotatable bonds is 4. The molecule has 0 radical (unpaired) electrons. The number of nitrogens with zero attached hydrogens (tertiary/aromatic N) is 1. The summed E-state index contributed by atoms with van der Waals surface area (Å²) < 4.78 is 0. The van der Waals surface area contributed by atoms with Gasteiger partial charge in [0.15, 0.2) is 0 Å². The number of aryl methyl sites for hydroxylation is 2. The lowest BCUT2D eigenvalue weighted by Gasteiger charge is -2.36. The van der Waals surface area contributed by atoms with Gasteiger partial charge in [-0.25, -0.2) is 0 Å². The first-order valence-electron chi connectivity index (χ1n) is 7.38. The summed E-state index contributed by atoms with van der Waals surface area (Å²) in [7, 11) is 0. The molecule has 0 amide bonds. The standard InChI is InChI=1S/C17H26N2O/c1-12(2)9-16(19-7-5-18-6-8-19)15-10-13(3)17(20)14(4)11-15/h10-11,16,18,20H,1,5-9H2,2-4H3/t16-/m1/s1. The van der Waals surface area contributed by atoms with Crippen molar-refractivity contribution in [3.63, 3.8) is 0 Å². The van der Waals surface area contributed by atoms with Crippen LogP contribution in [0.2, 0.25) is 0 Å². The van der Waals surface area contributed by atoms with Gasteiger partial charge in [-0.3, -0.25) is 4.90 Å². The summed E-state index contributed by atoms with van der Waals surface area (Å²) in [6, 6.07) is 4.61. The minimum absolute atomic E-state index is 0.368. The third kappa shape index (κ3) is 3.41. The van der Waals surface area contributed by atoms with E-state index in [0.717, 1.165) is 43.7 Å². The highest BCUT2D eigenvalue weighted by molar-refractivity contribution is 5.43. The highest BCUT2D eigenvalue weighted by Crippen LogP contribution is 2.32. The van der Waals surface area contributed by atoms with Gasteiger partial charge in [-0.15, -0.1) is 6.58 Å². The fourth-order valence-corrected chi connectivity index (χ4v) is 2.96. The largest absolute Gasteiger partial charge is 0.507 e. The molecule has 2 N–H and O–H groups in total. The smallest absolute Gasteiger partial charge is 0.121 e. The molecule has 1 aliphatic rings. The second-order valence-corrected chi connectivity index (χ2v) is 5.97. The highest BCUT2D eigenvalue weighted by atomic mass is 16.3. The normalized spacial score (nSPS) is 17.9. The summed E-state index contributed by atoms with van der Waals surface area (Å²) in [5.74, 6) is 0.420. The fourth-order valence-electron chi connectivity index (χ4n) is 2.96. The van der Waals surface area contributed by atoms with Crippen molar-refractivity contribution in [2.24, 2.45) is 0 Å². The number of hydrogen-bond donors (Lipinski definition) is 2. The van der Waals surface area contributed by atoms with Gasteiger partial charge >= 0.3 is 0 Å². The second-order valence-electron chi connectivity index (χ2n) is 5.97. The van der Waals surface area contributed by atoms with Gasteiger partial charge in [0.2, 0.25) is 0 Å². The first-order chi connectivity index (χ1) is 9.49. The molecular formula is C17H26N2O. The molecule has 1 aliphatic heterocycles. The Morgan fingerprint density at radius 2 is 1.85 bits per heavy atom. The summed E-state index contributed by atoms with van der Waals surface area (Å²) in [4.78, 5) is 2.52. The van der Waals surface area contributed by atoms with Crippen molar-refractivity contribution in [1.29, 1.82) is 0 Å². The Kier molecular flexibility index (Phi) is 4.84. The van der Waals surface area contributed by atoms with Crippen LogP contribution in [0.4, 0.5) is 0 Å². The summed E-state index contributed by atoms with van der Waals surface area (Å²) in [5, 5.41) is 13.4. The molecular weight excluding hydrogens is 248 g/mol. The summed E-state index contributed by atoms with van der Waals surface area (Å²) >= 11 is 0. The van der Waals surface area contributed by atoms with E-state index in [-0.39, 0.29) is 0 Å². The lowest BCUT2D eigenvalue weighted by Crippen LogP contribution is -2.45. The summed E-state index contributed by atoms with van der Waals surface area (Å²) in [6.45, 7) is 14.3. The van der Waals surface area contributed by atoms with Gasteiger partial charge < -0.3 is 10.4 Å². The molecule has 1 aromatic carbocycles. The lowest BCUT2D eigenvalue weighted by atomic mass is 9.94. The van der Waals surface area contributed by atoms with Crippen molar-refractivity contribution in [2.75, 3.05) is 26.2 Å². The Balaban J connectivity index is 2.32. The molecule has 0 spiro atoms. The van der Waals surface area contributed by atoms with Crippen molar-refractivity contribution in [3.8, 4) is 5.75 Å². The van der Waals surface area contributed by atoms with E-state index >= 15 is 0 Å². The zero-order chi connectivity index (χ0) is 14.7. The molecule has 3 nitrogen and oxygen atoms in total. The van der Waals surface area contributed by atoms with Crippen LogP contribution in [-0.4, -0.2) is 36.2 Å². The van der Waals surface area contributed by atoms with Crippen molar-refractivity contribution in [1.82, 2.24) is 10.2 Å². The van der Waals surface area contributed by atoms with Crippen LogP contribution in [-0.2, 0) is 0 Å². The minimum atomic E-state index is 0.368. The third-order valence-electron chi connectivity index (χ3n) is 4.03.